The van der Waals surface area contributed by atoms with Gasteiger partial charge in [-0.25, -0.2) is 0 Å². The van der Waals surface area contributed by atoms with Gasteiger partial charge in [-0.2, -0.15) is 0 Å². The van der Waals surface area contributed by atoms with Crippen LogP contribution in [0.5, 0.6) is 0 Å². The number of carbonyl (C=O) groups excluding carboxylic acids is 1. The zero-order valence-electron chi connectivity index (χ0n) is 16.2. The maximum atomic E-state index is 12.8. The first-order chi connectivity index (χ1) is 12.4. The Kier molecular flexibility index (Phi) is 5.65. The van der Waals surface area contributed by atoms with Gasteiger partial charge in [0.25, 0.3) is 0 Å². The fourth-order valence-corrected chi connectivity index (χ4v) is 4.09. The third kappa shape index (κ3) is 3.63. The summed E-state index contributed by atoms with van der Waals surface area (Å²) in [5.41, 5.74) is 6.40. The van der Waals surface area contributed by atoms with Crippen LogP contribution in [0.1, 0.15) is 45.7 Å². The first kappa shape index (κ1) is 19.3. The smallest absolute Gasteiger partial charge is 0.241 e. The van der Waals surface area contributed by atoms with Crippen LogP contribution in [-0.2, 0) is 16.1 Å². The molecule has 2 aliphatic rings. The van der Waals surface area contributed by atoms with Gasteiger partial charge in [-0.15, -0.1) is 0 Å². The molecule has 6 nitrogen and oxygen atoms in total. The number of ether oxygens (including phenoxy) is 1. The van der Waals surface area contributed by atoms with E-state index < -0.39 is 5.54 Å². The highest BCUT2D eigenvalue weighted by Gasteiger charge is 2.63. The highest BCUT2D eigenvalue weighted by Crippen LogP contribution is 2.49. The number of aromatic nitrogens is 1. The first-order valence-corrected chi connectivity index (χ1v) is 9.70. The van der Waals surface area contributed by atoms with Gasteiger partial charge in [-0.1, -0.05) is 19.9 Å². The zero-order valence-corrected chi connectivity index (χ0v) is 16.2. The normalized spacial score (nSPS) is 29.2. The molecule has 2 unspecified atom stereocenters. The summed E-state index contributed by atoms with van der Waals surface area (Å²) in [6.45, 7) is 9.49. The third-order valence-corrected chi connectivity index (χ3v) is 6.27. The monoisotopic (exact) mass is 360 g/mol. The SMILES string of the molecule is CCOC1CC(N)(C(=O)NC2CCN(Cc3ccccn3)CC2)C1(C)C. The van der Waals surface area contributed by atoms with Crippen LogP contribution < -0.4 is 11.1 Å². The number of nitrogens with one attached hydrogen (secondary N) is 1. The van der Waals surface area contributed by atoms with E-state index in [-0.39, 0.29) is 23.5 Å². The van der Waals surface area contributed by atoms with Gasteiger partial charge in [-0.05, 0) is 31.9 Å². The molecule has 1 aromatic heterocycles. The van der Waals surface area contributed by atoms with Crippen molar-refractivity contribution in [3.63, 3.8) is 0 Å². The van der Waals surface area contributed by atoms with E-state index >= 15 is 0 Å². The van der Waals surface area contributed by atoms with Crippen molar-refractivity contribution >= 4 is 5.91 Å². The molecule has 1 amide bonds. The van der Waals surface area contributed by atoms with Crippen LogP contribution in [0.2, 0.25) is 0 Å². The Morgan fingerprint density at radius 1 is 1.38 bits per heavy atom. The first-order valence-electron chi connectivity index (χ1n) is 9.70. The predicted octanol–water partition coefficient (Wildman–Crippen LogP) is 1.69. The molecular formula is C20H32N4O2. The van der Waals surface area contributed by atoms with Crippen LogP contribution in [0.3, 0.4) is 0 Å². The summed E-state index contributed by atoms with van der Waals surface area (Å²) in [6.07, 6.45) is 4.38. The van der Waals surface area contributed by atoms with E-state index in [4.69, 9.17) is 10.5 Å². The minimum Gasteiger partial charge on any atom is -0.378 e. The Balaban J connectivity index is 1.48. The summed E-state index contributed by atoms with van der Waals surface area (Å²) >= 11 is 0. The second-order valence-electron chi connectivity index (χ2n) is 8.19. The van der Waals surface area contributed by atoms with Gasteiger partial charge in [0.15, 0.2) is 0 Å². The van der Waals surface area contributed by atoms with Crippen LogP contribution in [0.4, 0.5) is 0 Å². The van der Waals surface area contributed by atoms with Gasteiger partial charge in [0.2, 0.25) is 5.91 Å². The van der Waals surface area contributed by atoms with Gasteiger partial charge in [0.05, 0.1) is 11.8 Å². The molecule has 1 aromatic rings. The molecule has 1 aliphatic carbocycles. The molecule has 2 fully saturated rings. The molecule has 2 heterocycles. The number of pyridine rings is 1. The molecule has 2 atom stereocenters. The minimum absolute atomic E-state index is 0.0263. The van der Waals surface area contributed by atoms with E-state index in [2.05, 4.69) is 21.3 Å². The van der Waals surface area contributed by atoms with Crippen LogP contribution in [0.25, 0.3) is 0 Å². The zero-order chi connectivity index (χ0) is 18.8. The summed E-state index contributed by atoms with van der Waals surface area (Å²) < 4.78 is 5.73. The number of nitrogens with two attached hydrogens (primary N) is 1. The molecule has 1 aliphatic heterocycles. The molecule has 26 heavy (non-hydrogen) atoms. The quantitative estimate of drug-likeness (QED) is 0.807. The standard InChI is InChI=1S/C20H32N4O2/c1-4-26-17-13-20(21,19(17,2)3)18(25)23-15-8-11-24(12-9-15)14-16-7-5-6-10-22-16/h5-7,10,15,17H,4,8-9,11-14,21H2,1-3H3,(H,23,25). The summed E-state index contributed by atoms with van der Waals surface area (Å²) in [5.74, 6) is -0.0263. The maximum absolute atomic E-state index is 12.8. The van der Waals surface area contributed by atoms with Crippen LogP contribution in [-0.4, -0.2) is 53.2 Å². The lowest BCUT2D eigenvalue weighted by Gasteiger charge is -2.57. The van der Waals surface area contributed by atoms with Crippen LogP contribution in [0.15, 0.2) is 24.4 Å². The van der Waals surface area contributed by atoms with E-state index in [1.54, 1.807) is 0 Å². The number of carbonyl (C=O) groups is 1. The number of amides is 1. The van der Waals surface area contributed by atoms with Crippen molar-refractivity contribution in [1.29, 1.82) is 0 Å². The highest BCUT2D eigenvalue weighted by atomic mass is 16.5. The Bertz CT molecular complexity index is 613. The predicted molar refractivity (Wildman–Crippen MR) is 101 cm³/mol. The van der Waals surface area contributed by atoms with Crippen molar-refractivity contribution < 1.29 is 9.53 Å². The lowest BCUT2D eigenvalue weighted by atomic mass is 9.54. The van der Waals surface area contributed by atoms with E-state index in [0.717, 1.165) is 38.2 Å². The Hall–Kier alpha value is -1.50. The number of hydrogen-bond acceptors (Lipinski definition) is 5. The molecule has 3 rings (SSSR count). The molecule has 0 aromatic carbocycles. The second-order valence-corrected chi connectivity index (χ2v) is 8.19. The van der Waals surface area contributed by atoms with Crippen molar-refractivity contribution in [2.75, 3.05) is 19.7 Å². The molecule has 1 saturated heterocycles. The van der Waals surface area contributed by atoms with Gasteiger partial charge in [0.1, 0.15) is 5.54 Å². The minimum atomic E-state index is -0.835. The number of hydrogen-bond donors (Lipinski definition) is 2. The number of nitrogens with zero attached hydrogens (tertiary/aromatic N) is 2. The summed E-state index contributed by atoms with van der Waals surface area (Å²) in [4.78, 5) is 19.6. The van der Waals surface area contributed by atoms with Crippen molar-refractivity contribution in [3.05, 3.63) is 30.1 Å². The number of likely N-dealkylation sites (tertiary alicyclic amines) is 1. The van der Waals surface area contributed by atoms with Crippen molar-refractivity contribution in [2.45, 2.75) is 64.3 Å². The van der Waals surface area contributed by atoms with Gasteiger partial charge in [0, 0.05) is 50.3 Å². The Morgan fingerprint density at radius 3 is 2.69 bits per heavy atom. The van der Waals surface area contributed by atoms with E-state index in [0.29, 0.717) is 13.0 Å². The third-order valence-electron chi connectivity index (χ3n) is 6.27. The Labute approximate surface area is 156 Å². The van der Waals surface area contributed by atoms with Crippen molar-refractivity contribution in [1.82, 2.24) is 15.2 Å². The fourth-order valence-electron chi connectivity index (χ4n) is 4.09. The summed E-state index contributed by atoms with van der Waals surface area (Å²) in [5, 5.41) is 3.20. The Morgan fingerprint density at radius 2 is 2.12 bits per heavy atom. The largest absolute Gasteiger partial charge is 0.378 e. The summed E-state index contributed by atoms with van der Waals surface area (Å²) in [6, 6.07) is 6.21. The van der Waals surface area contributed by atoms with E-state index in [9.17, 15) is 4.79 Å². The van der Waals surface area contributed by atoms with Gasteiger partial charge >= 0.3 is 0 Å². The molecule has 6 heteroatoms. The molecular weight excluding hydrogens is 328 g/mol. The molecule has 144 valence electrons. The lowest BCUT2D eigenvalue weighted by molar-refractivity contribution is -0.171. The second kappa shape index (κ2) is 7.62. The topological polar surface area (TPSA) is 80.5 Å². The average molecular weight is 361 g/mol. The summed E-state index contributed by atoms with van der Waals surface area (Å²) in [7, 11) is 0. The number of piperidine rings is 1. The molecule has 3 N–H and O–H groups in total. The molecule has 0 spiro atoms. The molecule has 0 radical (unpaired) electrons. The average Bonchev–Trinajstić information content (AvgIpc) is 2.64. The number of rotatable bonds is 6. The van der Waals surface area contributed by atoms with Crippen LogP contribution >= 0.6 is 0 Å². The lowest BCUT2D eigenvalue weighted by Crippen LogP contribution is -2.76. The molecule has 0 bridgehead atoms. The van der Waals surface area contributed by atoms with E-state index in [1.165, 1.54) is 0 Å². The van der Waals surface area contributed by atoms with Gasteiger partial charge in [-0.3, -0.25) is 14.7 Å². The van der Waals surface area contributed by atoms with Crippen LogP contribution in [0, 0.1) is 5.41 Å². The molecule has 1 saturated carbocycles. The van der Waals surface area contributed by atoms with Crippen molar-refractivity contribution in [3.8, 4) is 0 Å². The highest BCUT2D eigenvalue weighted by molar-refractivity contribution is 5.89. The fraction of sp³-hybridized carbons (Fsp3) is 0.700. The van der Waals surface area contributed by atoms with E-state index in [1.807, 2.05) is 39.1 Å². The van der Waals surface area contributed by atoms with Gasteiger partial charge < -0.3 is 15.8 Å². The van der Waals surface area contributed by atoms with Crippen molar-refractivity contribution in [2.24, 2.45) is 11.1 Å². The maximum Gasteiger partial charge on any atom is 0.241 e.